The third-order valence-corrected chi connectivity index (χ3v) is 2.82. The zero-order chi connectivity index (χ0) is 12.1. The summed E-state index contributed by atoms with van der Waals surface area (Å²) in [5, 5.41) is 16.8. The van der Waals surface area contributed by atoms with Crippen molar-refractivity contribution in [1.82, 2.24) is 14.8 Å². The molecule has 16 heavy (non-hydrogen) atoms. The summed E-state index contributed by atoms with van der Waals surface area (Å²) in [5.74, 6) is -0.167. The summed E-state index contributed by atoms with van der Waals surface area (Å²) in [4.78, 5) is 11.6. The van der Waals surface area contributed by atoms with Crippen LogP contribution in [0.25, 0.3) is 0 Å². The van der Waals surface area contributed by atoms with Gasteiger partial charge in [-0.1, -0.05) is 11.8 Å². The molecule has 0 spiro atoms. The molecule has 0 aromatic carbocycles. The Morgan fingerprint density at radius 3 is 2.88 bits per heavy atom. The van der Waals surface area contributed by atoms with Crippen LogP contribution in [0.5, 0.6) is 0 Å². The molecule has 7 heteroatoms. The number of nitrogens with two attached hydrogens (primary N) is 1. The number of hydrogen-bond acceptors (Lipinski definition) is 6. The van der Waals surface area contributed by atoms with Gasteiger partial charge in [0.05, 0.1) is 5.75 Å². The van der Waals surface area contributed by atoms with Crippen molar-refractivity contribution in [3.8, 4) is 6.07 Å². The number of carbonyl (C=O) groups is 1. The fraction of sp³-hybridized carbons (Fsp3) is 0.333. The summed E-state index contributed by atoms with van der Waals surface area (Å²) in [7, 11) is 1.78. The lowest BCUT2D eigenvalue weighted by atomic mass is 10.2. The van der Waals surface area contributed by atoms with Crippen molar-refractivity contribution in [2.45, 2.75) is 12.1 Å². The van der Waals surface area contributed by atoms with Gasteiger partial charge in [0.1, 0.15) is 18.0 Å². The molecule has 1 heterocycles. The van der Waals surface area contributed by atoms with Gasteiger partial charge in [-0.15, -0.1) is 10.2 Å². The summed E-state index contributed by atoms with van der Waals surface area (Å²) in [6.07, 6.45) is 1.54. The number of hydrogen-bond donors (Lipinski definition) is 1. The van der Waals surface area contributed by atoms with E-state index in [1.54, 1.807) is 24.0 Å². The fourth-order valence-electron chi connectivity index (χ4n) is 0.976. The van der Waals surface area contributed by atoms with Crippen LogP contribution in [0.4, 0.5) is 0 Å². The van der Waals surface area contributed by atoms with E-state index in [0.717, 1.165) is 0 Å². The minimum Gasteiger partial charge on any atom is -0.401 e. The standard InChI is InChI=1S/C9H11N5OS/c1-6(11)7(3-10)8(15)4-16-9-13-12-5-14(9)2/h5H,4,11H2,1-2H3. The van der Waals surface area contributed by atoms with Crippen molar-refractivity contribution >= 4 is 17.5 Å². The Hall–Kier alpha value is -1.81. The number of allylic oxidation sites excluding steroid dienone is 2. The molecular formula is C9H11N5OS. The largest absolute Gasteiger partial charge is 0.401 e. The Kier molecular flexibility index (Phi) is 4.08. The summed E-state index contributed by atoms with van der Waals surface area (Å²) >= 11 is 1.22. The summed E-state index contributed by atoms with van der Waals surface area (Å²) in [6.45, 7) is 1.53. The maximum absolute atomic E-state index is 11.6. The van der Waals surface area contributed by atoms with Crippen molar-refractivity contribution in [3.63, 3.8) is 0 Å². The van der Waals surface area contributed by atoms with Gasteiger partial charge in [-0.05, 0) is 6.92 Å². The Labute approximate surface area is 97.1 Å². The second-order valence-electron chi connectivity index (χ2n) is 3.11. The van der Waals surface area contributed by atoms with Crippen molar-refractivity contribution in [2.24, 2.45) is 12.8 Å². The Balaban J connectivity index is 2.65. The predicted molar refractivity (Wildman–Crippen MR) is 59.2 cm³/mol. The fourth-order valence-corrected chi connectivity index (χ4v) is 1.74. The van der Waals surface area contributed by atoms with E-state index in [-0.39, 0.29) is 22.8 Å². The van der Waals surface area contributed by atoms with Gasteiger partial charge in [0.2, 0.25) is 0 Å². The van der Waals surface area contributed by atoms with E-state index in [4.69, 9.17) is 11.0 Å². The summed E-state index contributed by atoms with van der Waals surface area (Å²) in [5.41, 5.74) is 5.67. The third-order valence-electron chi connectivity index (χ3n) is 1.79. The van der Waals surface area contributed by atoms with Gasteiger partial charge in [0.15, 0.2) is 10.9 Å². The van der Waals surface area contributed by atoms with Crippen LogP contribution in [0.2, 0.25) is 0 Å². The lowest BCUT2D eigenvalue weighted by Crippen LogP contribution is -2.10. The van der Waals surface area contributed by atoms with Crippen LogP contribution in [0.15, 0.2) is 22.8 Å². The maximum atomic E-state index is 11.6. The molecule has 0 atom stereocenters. The number of nitriles is 1. The molecule has 1 aromatic heterocycles. The van der Waals surface area contributed by atoms with Crippen LogP contribution in [0.1, 0.15) is 6.92 Å². The number of ketones is 1. The van der Waals surface area contributed by atoms with E-state index in [0.29, 0.717) is 5.16 Å². The van der Waals surface area contributed by atoms with Crippen LogP contribution in [-0.2, 0) is 11.8 Å². The van der Waals surface area contributed by atoms with Crippen LogP contribution in [0, 0.1) is 11.3 Å². The molecule has 0 amide bonds. The zero-order valence-corrected chi connectivity index (χ0v) is 9.78. The second kappa shape index (κ2) is 5.32. The first-order chi connectivity index (χ1) is 7.56. The van der Waals surface area contributed by atoms with E-state index in [2.05, 4.69) is 10.2 Å². The number of nitrogens with zero attached hydrogens (tertiary/aromatic N) is 4. The smallest absolute Gasteiger partial charge is 0.191 e. The molecular weight excluding hydrogens is 226 g/mol. The average Bonchev–Trinajstić information content (AvgIpc) is 2.61. The summed E-state index contributed by atoms with van der Waals surface area (Å²) < 4.78 is 1.70. The van der Waals surface area contributed by atoms with E-state index in [1.165, 1.54) is 18.7 Å². The predicted octanol–water partition coefficient (Wildman–Crippen LogP) is 0.233. The first kappa shape index (κ1) is 12.3. The van der Waals surface area contributed by atoms with Gasteiger partial charge in [-0.25, -0.2) is 0 Å². The molecule has 0 bridgehead atoms. The second-order valence-corrected chi connectivity index (χ2v) is 4.05. The number of rotatable bonds is 4. The Bertz CT molecular complexity index is 466. The van der Waals surface area contributed by atoms with Crippen LogP contribution >= 0.6 is 11.8 Å². The van der Waals surface area contributed by atoms with Crippen molar-refractivity contribution in [2.75, 3.05) is 5.75 Å². The molecule has 0 unspecified atom stereocenters. The molecule has 84 valence electrons. The highest BCUT2D eigenvalue weighted by Crippen LogP contribution is 2.15. The Morgan fingerprint density at radius 1 is 1.75 bits per heavy atom. The Morgan fingerprint density at radius 2 is 2.44 bits per heavy atom. The van der Waals surface area contributed by atoms with Crippen molar-refractivity contribution in [1.29, 1.82) is 5.26 Å². The number of carbonyl (C=O) groups excluding carboxylic acids is 1. The molecule has 0 saturated carbocycles. The first-order valence-electron chi connectivity index (χ1n) is 4.42. The molecule has 0 aliphatic carbocycles. The lowest BCUT2D eigenvalue weighted by Gasteiger charge is -2.00. The molecule has 1 rings (SSSR count). The minimum absolute atomic E-state index is 0.00895. The molecule has 2 N–H and O–H groups in total. The van der Waals surface area contributed by atoms with Gasteiger partial charge >= 0.3 is 0 Å². The van der Waals surface area contributed by atoms with E-state index in [9.17, 15) is 4.79 Å². The normalized spacial score (nSPS) is 11.8. The van der Waals surface area contributed by atoms with E-state index < -0.39 is 0 Å². The molecule has 0 aliphatic rings. The maximum Gasteiger partial charge on any atom is 0.191 e. The average molecular weight is 237 g/mol. The molecule has 1 aromatic rings. The zero-order valence-electron chi connectivity index (χ0n) is 8.97. The van der Waals surface area contributed by atoms with E-state index in [1.807, 2.05) is 0 Å². The highest BCUT2D eigenvalue weighted by atomic mass is 32.2. The van der Waals surface area contributed by atoms with Crippen LogP contribution < -0.4 is 5.73 Å². The minimum atomic E-state index is -0.296. The molecule has 0 radical (unpaired) electrons. The van der Waals surface area contributed by atoms with Crippen molar-refractivity contribution < 1.29 is 4.79 Å². The van der Waals surface area contributed by atoms with Gasteiger partial charge in [-0.2, -0.15) is 5.26 Å². The SMILES string of the molecule is CC(N)=C(C#N)C(=O)CSc1nncn1C. The third kappa shape index (κ3) is 2.84. The summed E-state index contributed by atoms with van der Waals surface area (Å²) in [6, 6.07) is 1.79. The topological polar surface area (TPSA) is 97.6 Å². The highest BCUT2D eigenvalue weighted by molar-refractivity contribution is 7.99. The molecule has 6 nitrogen and oxygen atoms in total. The van der Waals surface area contributed by atoms with Gasteiger partial charge in [-0.3, -0.25) is 4.79 Å². The van der Waals surface area contributed by atoms with Gasteiger partial charge in [0, 0.05) is 12.7 Å². The highest BCUT2D eigenvalue weighted by Gasteiger charge is 2.13. The molecule has 0 aliphatic heterocycles. The number of aryl methyl sites for hydroxylation is 1. The van der Waals surface area contributed by atoms with Gasteiger partial charge < -0.3 is 10.3 Å². The van der Waals surface area contributed by atoms with Gasteiger partial charge in [0.25, 0.3) is 0 Å². The number of thioether (sulfide) groups is 1. The molecule has 0 saturated heterocycles. The molecule has 0 fully saturated rings. The quantitative estimate of drug-likeness (QED) is 0.457. The lowest BCUT2D eigenvalue weighted by molar-refractivity contribution is -0.112. The monoisotopic (exact) mass is 237 g/mol. The van der Waals surface area contributed by atoms with Crippen LogP contribution in [-0.4, -0.2) is 26.3 Å². The van der Waals surface area contributed by atoms with Crippen molar-refractivity contribution in [3.05, 3.63) is 17.6 Å². The number of Topliss-reactive ketones (excluding diaryl/α,β-unsaturated/α-hetero) is 1. The van der Waals surface area contributed by atoms with E-state index >= 15 is 0 Å². The van der Waals surface area contributed by atoms with Crippen LogP contribution in [0.3, 0.4) is 0 Å². The first-order valence-corrected chi connectivity index (χ1v) is 5.41. The number of aromatic nitrogens is 3.